The molecule has 3 rings (SSSR count). The number of nitrogens with one attached hydrogen (secondary N) is 1. The summed E-state index contributed by atoms with van der Waals surface area (Å²) in [6.45, 7) is 6.86. The number of hydrogen-bond donors (Lipinski definition) is 2. The highest BCUT2D eigenvalue weighted by Gasteiger charge is 2.23. The first-order chi connectivity index (χ1) is 16.1. The maximum Gasteiger partial charge on any atom is 0.340 e. The molecule has 34 heavy (non-hydrogen) atoms. The van der Waals surface area contributed by atoms with Gasteiger partial charge in [0.2, 0.25) is 0 Å². The monoisotopic (exact) mass is 464 g/mol. The topological polar surface area (TPSA) is 91.9 Å². The lowest BCUT2D eigenvalue weighted by Crippen LogP contribution is -2.16. The van der Waals surface area contributed by atoms with Crippen molar-refractivity contribution in [1.29, 1.82) is 0 Å². The molecule has 8 heteroatoms. The number of carboxylic acid groups (broad SMARTS) is 1. The SMILES string of the molecule is C#C/N=C(\C=C/C)c1oc2c(C(C)Nc3ccc(F)c(F)c3C(=O)O)cc(C)cc2c(=O)c1C. The number of hydrogen-bond acceptors (Lipinski definition) is 5. The molecule has 1 unspecified atom stereocenters. The van der Waals surface area contributed by atoms with Crippen LogP contribution in [-0.4, -0.2) is 16.8 Å². The van der Waals surface area contributed by atoms with Crippen LogP contribution in [0, 0.1) is 37.9 Å². The molecule has 1 heterocycles. The van der Waals surface area contributed by atoms with Crippen molar-refractivity contribution in [1.82, 2.24) is 0 Å². The van der Waals surface area contributed by atoms with Gasteiger partial charge in [-0.3, -0.25) is 4.79 Å². The molecule has 174 valence electrons. The minimum absolute atomic E-state index is 0.119. The Labute approximate surface area is 194 Å². The quantitative estimate of drug-likeness (QED) is 0.370. The molecule has 6 nitrogen and oxygen atoms in total. The zero-order valence-electron chi connectivity index (χ0n) is 19.0. The fourth-order valence-electron chi connectivity index (χ4n) is 3.72. The summed E-state index contributed by atoms with van der Waals surface area (Å²) in [6.07, 6.45) is 8.66. The van der Waals surface area contributed by atoms with Crippen LogP contribution in [0.15, 0.2) is 50.6 Å². The lowest BCUT2D eigenvalue weighted by molar-refractivity contribution is 0.0691. The van der Waals surface area contributed by atoms with E-state index in [-0.39, 0.29) is 22.5 Å². The van der Waals surface area contributed by atoms with Crippen LogP contribution in [0.3, 0.4) is 0 Å². The molecule has 0 saturated carbocycles. The maximum absolute atomic E-state index is 14.2. The van der Waals surface area contributed by atoms with Crippen molar-refractivity contribution < 1.29 is 23.1 Å². The molecule has 0 amide bonds. The molecular formula is C26H22F2N2O4. The van der Waals surface area contributed by atoms with Crippen LogP contribution in [0.2, 0.25) is 0 Å². The zero-order valence-corrected chi connectivity index (χ0v) is 19.0. The molecule has 0 radical (unpaired) electrons. The van der Waals surface area contributed by atoms with Crippen LogP contribution in [0.5, 0.6) is 0 Å². The first kappa shape index (κ1) is 24.4. The van der Waals surface area contributed by atoms with Gasteiger partial charge in [0.25, 0.3) is 0 Å². The Morgan fingerprint density at radius 2 is 2.00 bits per heavy atom. The van der Waals surface area contributed by atoms with E-state index in [2.05, 4.69) is 16.4 Å². The van der Waals surface area contributed by atoms with Crippen LogP contribution in [0.1, 0.15) is 52.7 Å². The summed E-state index contributed by atoms with van der Waals surface area (Å²) in [5.41, 5.74) is 0.907. The molecule has 3 aromatic rings. The normalized spacial score (nSPS) is 12.7. The number of aryl methyl sites for hydroxylation is 1. The van der Waals surface area contributed by atoms with Gasteiger partial charge >= 0.3 is 5.97 Å². The second-order valence-electron chi connectivity index (χ2n) is 7.70. The van der Waals surface area contributed by atoms with E-state index in [9.17, 15) is 23.5 Å². The van der Waals surface area contributed by atoms with E-state index in [4.69, 9.17) is 10.8 Å². The molecule has 2 N–H and O–H groups in total. The summed E-state index contributed by atoms with van der Waals surface area (Å²) in [5, 5.41) is 12.6. The van der Waals surface area contributed by atoms with Crippen molar-refractivity contribution in [3.05, 3.63) is 86.3 Å². The average Bonchev–Trinajstić information content (AvgIpc) is 2.78. The molecule has 0 fully saturated rings. The number of anilines is 1. The molecule has 0 aliphatic carbocycles. The Morgan fingerprint density at radius 3 is 2.62 bits per heavy atom. The van der Waals surface area contributed by atoms with Crippen LogP contribution < -0.4 is 10.7 Å². The third-order valence-corrected chi connectivity index (χ3v) is 5.28. The second-order valence-corrected chi connectivity index (χ2v) is 7.70. The summed E-state index contributed by atoms with van der Waals surface area (Å²) in [5.74, 6) is -4.16. The van der Waals surface area contributed by atoms with Gasteiger partial charge in [0.15, 0.2) is 22.8 Å². The number of carboxylic acids is 1. The van der Waals surface area contributed by atoms with Crippen LogP contribution >= 0.6 is 0 Å². The van der Waals surface area contributed by atoms with Crippen molar-refractivity contribution in [2.24, 2.45) is 4.99 Å². The summed E-state index contributed by atoms with van der Waals surface area (Å²) in [4.78, 5) is 28.7. The van der Waals surface area contributed by atoms with Gasteiger partial charge in [-0.25, -0.2) is 13.6 Å². The van der Waals surface area contributed by atoms with Gasteiger partial charge in [0.1, 0.15) is 16.9 Å². The predicted octanol–water partition coefficient (Wildman–Crippen LogP) is 5.52. The number of terminal acetylenes is 1. The van der Waals surface area contributed by atoms with Crippen LogP contribution in [0.4, 0.5) is 14.5 Å². The number of fused-ring (bicyclic) bond motifs is 1. The van der Waals surface area contributed by atoms with Crippen molar-refractivity contribution in [3.63, 3.8) is 0 Å². The summed E-state index contributed by atoms with van der Waals surface area (Å²) in [7, 11) is 0. The molecule has 1 atom stereocenters. The Kier molecular flexibility index (Phi) is 6.97. The number of aromatic carboxylic acids is 1. The third-order valence-electron chi connectivity index (χ3n) is 5.28. The van der Waals surface area contributed by atoms with Crippen molar-refractivity contribution >= 4 is 28.3 Å². The largest absolute Gasteiger partial charge is 0.478 e. The Balaban J connectivity index is 2.25. The fourth-order valence-corrected chi connectivity index (χ4v) is 3.72. The maximum atomic E-state index is 14.2. The van der Waals surface area contributed by atoms with Crippen LogP contribution in [-0.2, 0) is 0 Å². The van der Waals surface area contributed by atoms with Gasteiger partial charge in [0, 0.05) is 17.2 Å². The number of benzene rings is 2. The number of halogens is 2. The van der Waals surface area contributed by atoms with Crippen molar-refractivity contribution in [2.45, 2.75) is 33.7 Å². The fraction of sp³-hybridized carbons (Fsp3) is 0.192. The van der Waals surface area contributed by atoms with Gasteiger partial charge in [-0.15, -0.1) is 0 Å². The van der Waals surface area contributed by atoms with Gasteiger partial charge in [-0.2, -0.15) is 4.99 Å². The van der Waals surface area contributed by atoms with Crippen molar-refractivity contribution in [2.75, 3.05) is 5.32 Å². The summed E-state index contributed by atoms with van der Waals surface area (Å²) < 4.78 is 33.9. The van der Waals surface area contributed by atoms with Gasteiger partial charge in [0.05, 0.1) is 17.1 Å². The van der Waals surface area contributed by atoms with E-state index in [0.29, 0.717) is 22.2 Å². The molecular weight excluding hydrogens is 442 g/mol. The lowest BCUT2D eigenvalue weighted by atomic mass is 9.99. The van der Waals surface area contributed by atoms with Gasteiger partial charge in [-0.1, -0.05) is 18.6 Å². The minimum Gasteiger partial charge on any atom is -0.478 e. The standard InChI is InChI=1S/C26H22F2N2O4/c1-6-8-20(29-7-2)24-14(4)23(31)17-12-13(3)11-16(25(17)34-24)15(5)30-19-10-9-18(27)22(28)21(19)26(32)33/h2,6,8-12,15,30H,1,3-5H3,(H,32,33)/b8-6-,29-20+. The molecule has 0 spiro atoms. The van der Waals surface area contributed by atoms with Gasteiger partial charge < -0.3 is 14.8 Å². The highest BCUT2D eigenvalue weighted by molar-refractivity contribution is 6.09. The van der Waals surface area contributed by atoms with Crippen LogP contribution in [0.25, 0.3) is 11.0 Å². The highest BCUT2D eigenvalue weighted by Crippen LogP contribution is 2.31. The van der Waals surface area contributed by atoms with Crippen molar-refractivity contribution in [3.8, 4) is 12.5 Å². The third kappa shape index (κ3) is 4.46. The molecule has 0 aliphatic rings. The van der Waals surface area contributed by atoms with E-state index in [1.54, 1.807) is 52.0 Å². The van der Waals surface area contributed by atoms with E-state index < -0.39 is 29.2 Å². The van der Waals surface area contributed by atoms with Gasteiger partial charge in [-0.05, 0) is 57.5 Å². The number of aliphatic imine (C=N–C) groups is 1. The van der Waals surface area contributed by atoms with E-state index in [0.717, 1.165) is 17.7 Å². The second kappa shape index (κ2) is 9.71. The molecule has 0 aliphatic heterocycles. The lowest BCUT2D eigenvalue weighted by Gasteiger charge is -2.20. The molecule has 0 saturated heterocycles. The zero-order chi connectivity index (χ0) is 25.2. The molecule has 1 aromatic heterocycles. The first-order valence-electron chi connectivity index (χ1n) is 10.3. The Hall–Kier alpha value is -4.25. The minimum atomic E-state index is -1.62. The number of carbonyl (C=O) groups is 1. The average molecular weight is 464 g/mol. The molecule has 2 aromatic carbocycles. The number of nitrogens with zero attached hydrogens (tertiary/aromatic N) is 1. The van der Waals surface area contributed by atoms with E-state index >= 15 is 0 Å². The van der Waals surface area contributed by atoms with E-state index in [1.165, 1.54) is 0 Å². The summed E-state index contributed by atoms with van der Waals surface area (Å²) in [6, 6.07) is 6.97. The van der Waals surface area contributed by atoms with E-state index in [1.807, 2.05) is 0 Å². The predicted molar refractivity (Wildman–Crippen MR) is 127 cm³/mol. The number of rotatable bonds is 6. The first-order valence-corrected chi connectivity index (χ1v) is 10.3. The Bertz CT molecular complexity index is 1460. The molecule has 0 bridgehead atoms. The smallest absolute Gasteiger partial charge is 0.340 e. The Morgan fingerprint density at radius 1 is 1.29 bits per heavy atom. The highest BCUT2D eigenvalue weighted by atomic mass is 19.2. The number of allylic oxidation sites excluding steroid dienone is 2. The summed E-state index contributed by atoms with van der Waals surface area (Å²) >= 11 is 0.